The standard InChI is InChI=1S/C6H13N.C5H10O2.C2H6/c1-2-7-5-3-4-6-7;1-2-3-4-5(6)7;1-2/h2-6H2,1H3;2-4H2,1H3,(H,6,7);1-2H3. The number of rotatable bonds is 4. The zero-order valence-electron chi connectivity index (χ0n) is 11.5. The number of nitrogens with zero attached hydrogens (tertiary/aromatic N) is 1. The fourth-order valence-electron chi connectivity index (χ4n) is 1.43. The summed E-state index contributed by atoms with van der Waals surface area (Å²) >= 11 is 0. The van der Waals surface area contributed by atoms with Gasteiger partial charge in [-0.15, -0.1) is 0 Å². The van der Waals surface area contributed by atoms with E-state index < -0.39 is 5.97 Å². The van der Waals surface area contributed by atoms with Crippen LogP contribution in [0.2, 0.25) is 0 Å². The van der Waals surface area contributed by atoms with E-state index in [-0.39, 0.29) is 0 Å². The largest absolute Gasteiger partial charge is 0.481 e. The molecule has 0 radical (unpaired) electrons. The molecule has 3 heteroatoms. The van der Waals surface area contributed by atoms with Gasteiger partial charge in [-0.3, -0.25) is 4.79 Å². The number of carboxylic acids is 1. The summed E-state index contributed by atoms with van der Waals surface area (Å²) in [5, 5.41) is 8.04. The van der Waals surface area contributed by atoms with Gasteiger partial charge in [0.05, 0.1) is 0 Å². The molecule has 0 unspecified atom stereocenters. The molecule has 1 fully saturated rings. The Labute approximate surface area is 101 Å². The first-order valence-electron chi connectivity index (χ1n) is 6.64. The highest BCUT2D eigenvalue weighted by Crippen LogP contribution is 2.04. The lowest BCUT2D eigenvalue weighted by Crippen LogP contribution is -2.17. The fourth-order valence-corrected chi connectivity index (χ4v) is 1.43. The third-order valence-electron chi connectivity index (χ3n) is 2.39. The van der Waals surface area contributed by atoms with Crippen molar-refractivity contribution in [3.05, 3.63) is 0 Å². The molecule has 1 N–H and O–H groups in total. The van der Waals surface area contributed by atoms with E-state index in [4.69, 9.17) is 5.11 Å². The molecule has 0 atom stereocenters. The van der Waals surface area contributed by atoms with E-state index in [0.717, 1.165) is 12.8 Å². The molecule has 3 nitrogen and oxygen atoms in total. The molecule has 0 spiro atoms. The number of carboxylic acid groups (broad SMARTS) is 1. The van der Waals surface area contributed by atoms with E-state index in [0.29, 0.717) is 6.42 Å². The number of hydrogen-bond donors (Lipinski definition) is 1. The van der Waals surface area contributed by atoms with E-state index in [1.165, 1.54) is 32.5 Å². The zero-order valence-corrected chi connectivity index (χ0v) is 11.5. The van der Waals surface area contributed by atoms with Gasteiger partial charge in [0.2, 0.25) is 0 Å². The van der Waals surface area contributed by atoms with Gasteiger partial charge in [-0.05, 0) is 38.9 Å². The predicted octanol–water partition coefficient (Wildman–Crippen LogP) is 3.39. The monoisotopic (exact) mass is 231 g/mol. The summed E-state index contributed by atoms with van der Waals surface area (Å²) in [6, 6.07) is 0. The van der Waals surface area contributed by atoms with Gasteiger partial charge in [-0.2, -0.15) is 0 Å². The van der Waals surface area contributed by atoms with Crippen molar-refractivity contribution in [3.8, 4) is 0 Å². The minimum atomic E-state index is -0.693. The molecule has 1 heterocycles. The van der Waals surface area contributed by atoms with Crippen LogP contribution in [-0.4, -0.2) is 35.6 Å². The summed E-state index contributed by atoms with van der Waals surface area (Å²) in [6.45, 7) is 12.1. The van der Waals surface area contributed by atoms with Gasteiger partial charge in [0.1, 0.15) is 0 Å². The normalized spacial score (nSPS) is 14.5. The number of hydrogen-bond acceptors (Lipinski definition) is 2. The second-order valence-corrected chi connectivity index (χ2v) is 3.64. The molecule has 1 aliphatic heterocycles. The van der Waals surface area contributed by atoms with Gasteiger partial charge in [0.15, 0.2) is 0 Å². The highest BCUT2D eigenvalue weighted by molar-refractivity contribution is 5.66. The minimum absolute atomic E-state index is 0.316. The fraction of sp³-hybridized carbons (Fsp3) is 0.923. The van der Waals surface area contributed by atoms with Crippen LogP contribution < -0.4 is 0 Å². The lowest BCUT2D eigenvalue weighted by molar-refractivity contribution is -0.137. The number of likely N-dealkylation sites (tertiary alicyclic amines) is 1. The van der Waals surface area contributed by atoms with Crippen molar-refractivity contribution in [1.29, 1.82) is 0 Å². The van der Waals surface area contributed by atoms with Crippen LogP contribution >= 0.6 is 0 Å². The van der Waals surface area contributed by atoms with Gasteiger partial charge in [0, 0.05) is 6.42 Å². The van der Waals surface area contributed by atoms with Crippen LogP contribution in [0.1, 0.15) is 59.8 Å². The lowest BCUT2D eigenvalue weighted by Gasteiger charge is -2.08. The van der Waals surface area contributed by atoms with Gasteiger partial charge in [-0.1, -0.05) is 34.1 Å². The number of carbonyl (C=O) groups is 1. The summed E-state index contributed by atoms with van der Waals surface area (Å²) in [4.78, 5) is 12.2. The Morgan fingerprint density at radius 3 is 1.88 bits per heavy atom. The first-order chi connectivity index (χ1) is 7.70. The first kappa shape index (κ1) is 17.8. The van der Waals surface area contributed by atoms with Gasteiger partial charge < -0.3 is 10.0 Å². The van der Waals surface area contributed by atoms with Crippen molar-refractivity contribution in [2.24, 2.45) is 0 Å². The highest BCUT2D eigenvalue weighted by Gasteiger charge is 2.06. The van der Waals surface area contributed by atoms with Crippen LogP contribution in [0.15, 0.2) is 0 Å². The third kappa shape index (κ3) is 13.4. The van der Waals surface area contributed by atoms with E-state index >= 15 is 0 Å². The van der Waals surface area contributed by atoms with Crippen molar-refractivity contribution in [3.63, 3.8) is 0 Å². The van der Waals surface area contributed by atoms with Crippen LogP contribution in [0.4, 0.5) is 0 Å². The Hall–Kier alpha value is -0.570. The van der Waals surface area contributed by atoms with Crippen LogP contribution in [0.5, 0.6) is 0 Å². The molecule has 0 saturated carbocycles. The van der Waals surface area contributed by atoms with Crippen LogP contribution in [-0.2, 0) is 4.79 Å². The molecule has 1 rings (SSSR count). The third-order valence-corrected chi connectivity index (χ3v) is 2.39. The second-order valence-electron chi connectivity index (χ2n) is 3.64. The molecular weight excluding hydrogens is 202 g/mol. The summed E-state index contributed by atoms with van der Waals surface area (Å²) in [6.07, 6.45) is 4.93. The molecule has 1 saturated heterocycles. The molecule has 0 bridgehead atoms. The van der Waals surface area contributed by atoms with E-state index in [2.05, 4.69) is 11.8 Å². The highest BCUT2D eigenvalue weighted by atomic mass is 16.4. The Morgan fingerprint density at radius 1 is 1.19 bits per heavy atom. The van der Waals surface area contributed by atoms with E-state index in [9.17, 15) is 4.79 Å². The maximum absolute atomic E-state index is 9.76. The maximum Gasteiger partial charge on any atom is 0.303 e. The van der Waals surface area contributed by atoms with E-state index in [1.54, 1.807) is 0 Å². The SMILES string of the molecule is CC.CCCCC(=O)O.CCN1CCCC1. The number of unbranched alkanes of at least 4 members (excludes halogenated alkanes) is 1. The summed E-state index contributed by atoms with van der Waals surface area (Å²) in [7, 11) is 0. The average Bonchev–Trinajstić information content (AvgIpc) is 2.82. The van der Waals surface area contributed by atoms with Crippen LogP contribution in [0, 0.1) is 0 Å². The summed E-state index contributed by atoms with van der Waals surface area (Å²) < 4.78 is 0. The quantitative estimate of drug-likeness (QED) is 0.806. The molecule has 1 aliphatic rings. The Bertz CT molecular complexity index is 143. The van der Waals surface area contributed by atoms with Gasteiger partial charge in [-0.25, -0.2) is 0 Å². The minimum Gasteiger partial charge on any atom is -0.481 e. The predicted molar refractivity (Wildman–Crippen MR) is 69.9 cm³/mol. The van der Waals surface area contributed by atoms with Crippen LogP contribution in [0.25, 0.3) is 0 Å². The topological polar surface area (TPSA) is 40.5 Å². The average molecular weight is 231 g/mol. The van der Waals surface area contributed by atoms with Crippen LogP contribution in [0.3, 0.4) is 0 Å². The molecule has 0 aliphatic carbocycles. The smallest absolute Gasteiger partial charge is 0.303 e. The molecule has 16 heavy (non-hydrogen) atoms. The van der Waals surface area contributed by atoms with Crippen molar-refractivity contribution in [2.45, 2.75) is 59.8 Å². The van der Waals surface area contributed by atoms with Gasteiger partial charge >= 0.3 is 5.97 Å². The Morgan fingerprint density at radius 2 is 1.69 bits per heavy atom. The van der Waals surface area contributed by atoms with Crippen molar-refractivity contribution in [1.82, 2.24) is 4.90 Å². The Kier molecular flexibility index (Phi) is 16.1. The molecule has 0 aromatic carbocycles. The summed E-state index contributed by atoms with van der Waals surface area (Å²) in [5.41, 5.74) is 0. The molecular formula is C13H29NO2. The molecule has 0 aromatic rings. The van der Waals surface area contributed by atoms with Gasteiger partial charge in [0.25, 0.3) is 0 Å². The molecule has 0 aromatic heterocycles. The number of aliphatic carboxylic acids is 1. The second kappa shape index (κ2) is 14.4. The molecule has 98 valence electrons. The van der Waals surface area contributed by atoms with Crippen molar-refractivity contribution < 1.29 is 9.90 Å². The molecule has 0 amide bonds. The van der Waals surface area contributed by atoms with Crippen molar-refractivity contribution in [2.75, 3.05) is 19.6 Å². The first-order valence-corrected chi connectivity index (χ1v) is 6.64. The Balaban J connectivity index is 0. The van der Waals surface area contributed by atoms with E-state index in [1.807, 2.05) is 20.8 Å². The summed E-state index contributed by atoms with van der Waals surface area (Å²) in [5.74, 6) is -0.693. The maximum atomic E-state index is 9.76. The van der Waals surface area contributed by atoms with Crippen molar-refractivity contribution >= 4 is 5.97 Å². The lowest BCUT2D eigenvalue weighted by atomic mass is 10.3. The zero-order chi connectivity index (χ0) is 12.8.